The molecule has 1 saturated heterocycles. The number of furan rings is 1. The van der Waals surface area contributed by atoms with E-state index in [1.54, 1.807) is 6.07 Å². The molecule has 0 unspecified atom stereocenters. The molecule has 1 aliphatic rings. The van der Waals surface area contributed by atoms with Gasteiger partial charge in [-0.25, -0.2) is 4.39 Å². The van der Waals surface area contributed by atoms with Gasteiger partial charge in [-0.2, -0.15) is 0 Å². The van der Waals surface area contributed by atoms with Gasteiger partial charge in [-0.05, 0) is 53.2 Å². The monoisotopic (exact) mass is 338 g/mol. The van der Waals surface area contributed by atoms with Crippen LogP contribution in [0, 0.1) is 6.92 Å². The van der Waals surface area contributed by atoms with E-state index in [0.717, 1.165) is 12.2 Å². The maximum absolute atomic E-state index is 15.2. The van der Waals surface area contributed by atoms with Gasteiger partial charge in [0.05, 0.1) is 17.8 Å². The van der Waals surface area contributed by atoms with Crippen LogP contribution in [0.2, 0.25) is 0 Å². The van der Waals surface area contributed by atoms with Crippen molar-refractivity contribution in [2.45, 2.75) is 65.6 Å². The highest BCUT2D eigenvalue weighted by Gasteiger charge is 2.53. The number of rotatable bonds is 7. The third kappa shape index (κ3) is 4.10. The Kier molecular flexibility index (Phi) is 5.94. The van der Waals surface area contributed by atoms with E-state index in [2.05, 4.69) is 0 Å². The van der Waals surface area contributed by atoms with Gasteiger partial charge in [0, 0.05) is 18.6 Å². The minimum absolute atomic E-state index is 0.406. The number of hydrogen-bond donors (Lipinski definition) is 0. The van der Waals surface area contributed by atoms with E-state index >= 15 is 4.39 Å². The lowest BCUT2D eigenvalue weighted by Gasteiger charge is -2.32. The largest absolute Gasteiger partial charge is 0.525 e. The smallest absolute Gasteiger partial charge is 0.462 e. The summed E-state index contributed by atoms with van der Waals surface area (Å²) < 4.78 is 38.0. The molecule has 0 bridgehead atoms. The summed E-state index contributed by atoms with van der Waals surface area (Å²) in [5, 5.41) is 0. The van der Waals surface area contributed by atoms with Gasteiger partial charge in [0.25, 0.3) is 0 Å². The van der Waals surface area contributed by atoms with Crippen LogP contribution < -0.4 is 0 Å². The van der Waals surface area contributed by atoms with Gasteiger partial charge in [0.15, 0.2) is 0 Å². The van der Waals surface area contributed by atoms with Gasteiger partial charge in [0.1, 0.15) is 17.2 Å². The summed E-state index contributed by atoms with van der Waals surface area (Å²) in [7, 11) is -1.03. The second-order valence-electron chi connectivity index (χ2n) is 7.19. The van der Waals surface area contributed by atoms with Gasteiger partial charge in [-0.1, -0.05) is 6.92 Å². The lowest BCUT2D eigenvalue weighted by Crippen LogP contribution is -2.41. The van der Waals surface area contributed by atoms with E-state index in [4.69, 9.17) is 18.5 Å². The Bertz CT molecular complexity index is 576. The van der Waals surface area contributed by atoms with Crippen molar-refractivity contribution in [2.75, 3.05) is 13.2 Å². The van der Waals surface area contributed by atoms with Crippen molar-refractivity contribution in [3.8, 4) is 0 Å². The van der Waals surface area contributed by atoms with Gasteiger partial charge >= 0.3 is 7.12 Å². The quantitative estimate of drug-likeness (QED) is 0.533. The lowest BCUT2D eigenvalue weighted by atomic mass is 9.83. The van der Waals surface area contributed by atoms with E-state index in [9.17, 15) is 0 Å². The summed E-state index contributed by atoms with van der Waals surface area (Å²) in [5.41, 5.74) is -1.17. The molecular weight excluding hydrogens is 310 g/mol. The zero-order valence-corrected chi connectivity index (χ0v) is 15.6. The Morgan fingerprint density at radius 2 is 1.75 bits per heavy atom. The van der Waals surface area contributed by atoms with Crippen LogP contribution in [0.3, 0.4) is 0 Å². The fourth-order valence-electron chi connectivity index (χ4n) is 2.47. The molecule has 0 aliphatic carbocycles. The predicted octanol–water partition coefficient (Wildman–Crippen LogP) is 4.72. The molecule has 0 spiro atoms. The van der Waals surface area contributed by atoms with Gasteiger partial charge in [0.2, 0.25) is 0 Å². The average Bonchev–Trinajstić information content (AvgIpc) is 3.00. The normalized spacial score (nSPS) is 20.4. The van der Waals surface area contributed by atoms with Crippen LogP contribution in [0.15, 0.2) is 22.3 Å². The minimum atomic E-state index is -1.03. The molecule has 24 heavy (non-hydrogen) atoms. The Balaban J connectivity index is 2.25. The van der Waals surface area contributed by atoms with Crippen LogP contribution in [0.4, 0.5) is 4.39 Å². The maximum Gasteiger partial charge on any atom is 0.525 e. The molecule has 0 aromatic carbocycles. The third-order valence-electron chi connectivity index (χ3n) is 4.63. The van der Waals surface area contributed by atoms with Crippen LogP contribution in [0.1, 0.15) is 59.0 Å². The summed E-state index contributed by atoms with van der Waals surface area (Å²) >= 11 is 0. The van der Waals surface area contributed by atoms with Crippen molar-refractivity contribution in [1.82, 2.24) is 0 Å². The van der Waals surface area contributed by atoms with E-state index in [1.807, 2.05) is 47.6 Å². The fourth-order valence-corrected chi connectivity index (χ4v) is 2.47. The van der Waals surface area contributed by atoms with E-state index in [0.29, 0.717) is 31.0 Å². The molecule has 134 valence electrons. The van der Waals surface area contributed by atoms with Crippen LogP contribution >= 0.6 is 0 Å². The second-order valence-corrected chi connectivity index (χ2v) is 7.19. The van der Waals surface area contributed by atoms with Crippen molar-refractivity contribution in [3.63, 3.8) is 0 Å². The predicted molar refractivity (Wildman–Crippen MR) is 93.3 cm³/mol. The van der Waals surface area contributed by atoms with Crippen LogP contribution in [-0.4, -0.2) is 31.5 Å². The zero-order valence-electron chi connectivity index (χ0n) is 15.6. The Morgan fingerprint density at radius 3 is 2.25 bits per heavy atom. The molecule has 0 radical (unpaired) electrons. The molecule has 0 atom stereocenters. The highest BCUT2D eigenvalue weighted by Crippen LogP contribution is 2.40. The lowest BCUT2D eigenvalue weighted by molar-refractivity contribution is 0.00578. The van der Waals surface area contributed by atoms with Gasteiger partial charge < -0.3 is 18.5 Å². The molecule has 4 nitrogen and oxygen atoms in total. The molecule has 2 heterocycles. The zero-order chi connectivity index (χ0) is 18.0. The van der Waals surface area contributed by atoms with Crippen molar-refractivity contribution < 1.29 is 22.9 Å². The average molecular weight is 338 g/mol. The van der Waals surface area contributed by atoms with E-state index in [1.165, 1.54) is 0 Å². The molecular formula is C18H28BFO4. The molecule has 0 amide bonds. The van der Waals surface area contributed by atoms with E-state index < -0.39 is 24.0 Å². The highest BCUT2D eigenvalue weighted by atomic mass is 19.1. The molecule has 6 heteroatoms. The van der Waals surface area contributed by atoms with Crippen molar-refractivity contribution in [3.05, 3.63) is 29.4 Å². The Morgan fingerprint density at radius 1 is 1.12 bits per heavy atom. The standard InChI is InChI=1S/C18H28BFO4/c1-7-11-21-12-10-14(15-9-8-13(2)22-15)16(20)19-23-17(3,4)18(5,6)24-19/h8-9H,7,10-12H2,1-6H3. The maximum atomic E-state index is 15.2. The molecule has 0 N–H and O–H groups in total. The Hall–Kier alpha value is -1.11. The topological polar surface area (TPSA) is 40.8 Å². The van der Waals surface area contributed by atoms with Crippen molar-refractivity contribution in [2.24, 2.45) is 0 Å². The number of halogens is 1. The molecule has 1 aromatic rings. The molecule has 0 saturated carbocycles. The number of aryl methyl sites for hydroxylation is 1. The summed E-state index contributed by atoms with van der Waals surface area (Å²) in [6.07, 6.45) is 1.33. The Labute approximate surface area is 144 Å². The summed E-state index contributed by atoms with van der Waals surface area (Å²) in [4.78, 5) is 0. The number of hydrogen-bond acceptors (Lipinski definition) is 4. The van der Waals surface area contributed by atoms with Gasteiger partial charge in [-0.15, -0.1) is 0 Å². The molecule has 1 fully saturated rings. The van der Waals surface area contributed by atoms with Crippen LogP contribution in [0.5, 0.6) is 0 Å². The molecule has 1 aliphatic heterocycles. The molecule has 1 aromatic heterocycles. The first-order valence-electron chi connectivity index (χ1n) is 8.56. The third-order valence-corrected chi connectivity index (χ3v) is 4.63. The first-order chi connectivity index (χ1) is 11.2. The minimum Gasteiger partial charge on any atom is -0.462 e. The van der Waals surface area contributed by atoms with Crippen LogP contribution in [-0.2, 0) is 14.0 Å². The first kappa shape index (κ1) is 19.2. The summed E-state index contributed by atoms with van der Waals surface area (Å²) in [6, 6.07) is 3.59. The van der Waals surface area contributed by atoms with Crippen LogP contribution in [0.25, 0.3) is 5.57 Å². The first-order valence-corrected chi connectivity index (χ1v) is 8.56. The summed E-state index contributed by atoms with van der Waals surface area (Å²) in [6.45, 7) is 12.6. The molecule has 2 rings (SSSR count). The highest BCUT2D eigenvalue weighted by molar-refractivity contribution is 6.55. The number of ether oxygens (including phenoxy) is 1. The fraction of sp³-hybridized carbons (Fsp3) is 0.667. The second kappa shape index (κ2) is 7.42. The van der Waals surface area contributed by atoms with Gasteiger partial charge in [-0.3, -0.25) is 0 Å². The van der Waals surface area contributed by atoms with Crippen molar-refractivity contribution >= 4 is 12.7 Å². The van der Waals surface area contributed by atoms with Crippen molar-refractivity contribution in [1.29, 1.82) is 0 Å². The summed E-state index contributed by atoms with van der Waals surface area (Å²) in [5.74, 6) is 1.23. The van der Waals surface area contributed by atoms with E-state index in [-0.39, 0.29) is 0 Å². The SMILES string of the molecule is CCCOCCC(=C(F)B1OC(C)(C)C(C)(C)O1)c1ccc(C)o1.